The van der Waals surface area contributed by atoms with Crippen molar-refractivity contribution < 1.29 is 0 Å². The van der Waals surface area contributed by atoms with Crippen molar-refractivity contribution in [2.24, 2.45) is 5.41 Å². The van der Waals surface area contributed by atoms with E-state index in [1.807, 2.05) is 0 Å². The summed E-state index contributed by atoms with van der Waals surface area (Å²) in [4.78, 5) is 0. The Morgan fingerprint density at radius 1 is 1.50 bits per heavy atom. The second kappa shape index (κ2) is 3.05. The molecule has 1 aliphatic carbocycles. The van der Waals surface area contributed by atoms with E-state index in [4.69, 9.17) is 0 Å². The summed E-state index contributed by atoms with van der Waals surface area (Å²) in [5.41, 5.74) is 2.06. The van der Waals surface area contributed by atoms with Crippen LogP contribution in [-0.4, -0.2) is 6.16 Å². The molecule has 0 radical (unpaired) electrons. The summed E-state index contributed by atoms with van der Waals surface area (Å²) in [6.45, 7) is 6.39. The van der Waals surface area contributed by atoms with Gasteiger partial charge in [0, 0.05) is 0 Å². The van der Waals surface area contributed by atoms with Crippen LogP contribution in [0.5, 0.6) is 0 Å². The Morgan fingerprint density at radius 3 is 2.40 bits per heavy atom. The molecule has 1 aliphatic rings. The molecule has 1 fully saturated rings. The first kappa shape index (κ1) is 8.27. The molecule has 10 heavy (non-hydrogen) atoms. The lowest BCUT2D eigenvalue weighted by atomic mass is 9.76. The van der Waals surface area contributed by atoms with Crippen LogP contribution in [0, 0.1) is 5.41 Å². The molecule has 1 unspecified atom stereocenters. The molecule has 0 saturated heterocycles. The Bertz CT molecular complexity index is 128. The van der Waals surface area contributed by atoms with Crippen LogP contribution in [0.1, 0.15) is 32.6 Å². The van der Waals surface area contributed by atoms with Crippen LogP contribution in [0.2, 0.25) is 0 Å². The summed E-state index contributed by atoms with van der Waals surface area (Å²) in [6.07, 6.45) is 6.45. The number of rotatable bonds is 1. The number of hydrogen-bond donors (Lipinski definition) is 0. The summed E-state index contributed by atoms with van der Waals surface area (Å²) < 4.78 is 0. The van der Waals surface area contributed by atoms with Crippen molar-refractivity contribution in [3.8, 4) is 0 Å². The summed E-state index contributed by atoms with van der Waals surface area (Å²) in [7, 11) is 2.86. The van der Waals surface area contributed by atoms with Gasteiger partial charge in [-0.3, -0.25) is 0 Å². The molecule has 1 heteroatoms. The Balaban J connectivity index is 2.46. The van der Waals surface area contributed by atoms with E-state index >= 15 is 0 Å². The first-order valence-corrected chi connectivity index (χ1v) is 4.85. The molecule has 58 valence electrons. The first-order valence-electron chi connectivity index (χ1n) is 4.03. The Hall–Kier alpha value is 0.170. The second-order valence-corrected chi connectivity index (χ2v) is 4.17. The van der Waals surface area contributed by atoms with Gasteiger partial charge in [0.2, 0.25) is 0 Å². The minimum Gasteiger partial charge on any atom is -0.137 e. The lowest BCUT2D eigenvalue weighted by molar-refractivity contribution is 0.286. The number of hydrogen-bond acceptors (Lipinski definition) is 0. The Labute approximate surface area is 66.3 Å². The molecule has 0 bridgehead atoms. The average molecular weight is 156 g/mol. The predicted molar refractivity (Wildman–Crippen MR) is 50.3 cm³/mol. The van der Waals surface area contributed by atoms with Crippen LogP contribution >= 0.6 is 9.24 Å². The standard InChI is InChI=1S/C9H17P/c1-8-3-5-9(2,7-10)6-4-8/h1,3-7,10H2,2H3. The third-order valence-corrected chi connectivity index (χ3v) is 3.64. The maximum Gasteiger partial charge on any atom is -0.0285 e. The van der Waals surface area contributed by atoms with Crippen molar-refractivity contribution in [2.45, 2.75) is 32.6 Å². The molecule has 1 saturated carbocycles. The fraction of sp³-hybridized carbons (Fsp3) is 0.778. The van der Waals surface area contributed by atoms with Crippen molar-refractivity contribution in [2.75, 3.05) is 6.16 Å². The SMILES string of the molecule is C=C1CCC(C)(CP)CC1. The minimum absolute atomic E-state index is 0.603. The highest BCUT2D eigenvalue weighted by molar-refractivity contribution is 7.16. The number of allylic oxidation sites excluding steroid dienone is 1. The van der Waals surface area contributed by atoms with Gasteiger partial charge in [0.1, 0.15) is 0 Å². The largest absolute Gasteiger partial charge is 0.137 e. The molecular weight excluding hydrogens is 139 g/mol. The highest BCUT2D eigenvalue weighted by Gasteiger charge is 2.25. The summed E-state index contributed by atoms with van der Waals surface area (Å²) in [5, 5.41) is 0. The van der Waals surface area contributed by atoms with E-state index in [1.165, 1.54) is 37.4 Å². The summed E-state index contributed by atoms with van der Waals surface area (Å²) in [6, 6.07) is 0. The van der Waals surface area contributed by atoms with Gasteiger partial charge in [-0.1, -0.05) is 19.1 Å². The third kappa shape index (κ3) is 1.83. The van der Waals surface area contributed by atoms with Crippen LogP contribution < -0.4 is 0 Å². The topological polar surface area (TPSA) is 0 Å². The zero-order chi connectivity index (χ0) is 7.61. The third-order valence-electron chi connectivity index (χ3n) is 2.66. The van der Waals surface area contributed by atoms with Crippen molar-refractivity contribution in [3.05, 3.63) is 12.2 Å². The smallest absolute Gasteiger partial charge is 0.0285 e. The van der Waals surface area contributed by atoms with Gasteiger partial charge < -0.3 is 0 Å². The van der Waals surface area contributed by atoms with E-state index < -0.39 is 0 Å². The molecule has 0 aromatic heterocycles. The molecule has 0 nitrogen and oxygen atoms in total. The molecule has 0 heterocycles. The van der Waals surface area contributed by atoms with E-state index in [2.05, 4.69) is 22.7 Å². The van der Waals surface area contributed by atoms with Crippen LogP contribution in [0.4, 0.5) is 0 Å². The summed E-state index contributed by atoms with van der Waals surface area (Å²) >= 11 is 0. The van der Waals surface area contributed by atoms with E-state index in [-0.39, 0.29) is 0 Å². The van der Waals surface area contributed by atoms with Gasteiger partial charge >= 0.3 is 0 Å². The maximum absolute atomic E-state index is 4.01. The highest BCUT2D eigenvalue weighted by Crippen LogP contribution is 2.38. The molecular formula is C9H17P. The van der Waals surface area contributed by atoms with Gasteiger partial charge in [-0.2, -0.15) is 0 Å². The fourth-order valence-corrected chi connectivity index (χ4v) is 1.82. The van der Waals surface area contributed by atoms with Crippen molar-refractivity contribution in [1.29, 1.82) is 0 Å². The average Bonchev–Trinajstić information content (AvgIpc) is 1.96. The summed E-state index contributed by atoms with van der Waals surface area (Å²) in [5.74, 6) is 0. The Morgan fingerprint density at radius 2 is 2.00 bits per heavy atom. The van der Waals surface area contributed by atoms with E-state index in [9.17, 15) is 0 Å². The Kier molecular flexibility index (Phi) is 2.52. The maximum atomic E-state index is 4.01. The van der Waals surface area contributed by atoms with Crippen LogP contribution in [0.15, 0.2) is 12.2 Å². The van der Waals surface area contributed by atoms with Gasteiger partial charge in [-0.05, 0) is 37.3 Å². The normalized spacial score (nSPS) is 24.8. The van der Waals surface area contributed by atoms with Gasteiger partial charge in [0.25, 0.3) is 0 Å². The minimum atomic E-state index is 0.603. The molecule has 0 aliphatic heterocycles. The molecule has 0 spiro atoms. The highest BCUT2D eigenvalue weighted by atomic mass is 31.0. The zero-order valence-corrected chi connectivity index (χ0v) is 7.97. The zero-order valence-electron chi connectivity index (χ0n) is 6.82. The molecule has 1 rings (SSSR count). The predicted octanol–water partition coefficient (Wildman–Crippen LogP) is 3.00. The van der Waals surface area contributed by atoms with Gasteiger partial charge in [0.15, 0.2) is 0 Å². The van der Waals surface area contributed by atoms with Crippen molar-refractivity contribution in [1.82, 2.24) is 0 Å². The first-order chi connectivity index (χ1) is 4.66. The van der Waals surface area contributed by atoms with Crippen LogP contribution in [0.3, 0.4) is 0 Å². The molecule has 0 amide bonds. The molecule has 0 N–H and O–H groups in total. The van der Waals surface area contributed by atoms with Crippen LogP contribution in [-0.2, 0) is 0 Å². The van der Waals surface area contributed by atoms with E-state index in [0.29, 0.717) is 5.41 Å². The molecule has 0 aromatic carbocycles. The fourth-order valence-electron chi connectivity index (χ4n) is 1.41. The quantitative estimate of drug-likeness (QED) is 0.404. The lowest BCUT2D eigenvalue weighted by Gasteiger charge is -2.33. The van der Waals surface area contributed by atoms with Gasteiger partial charge in [-0.15, -0.1) is 9.24 Å². The van der Waals surface area contributed by atoms with E-state index in [1.54, 1.807) is 0 Å². The van der Waals surface area contributed by atoms with E-state index in [0.717, 1.165) is 0 Å². The van der Waals surface area contributed by atoms with Crippen LogP contribution in [0.25, 0.3) is 0 Å². The lowest BCUT2D eigenvalue weighted by Crippen LogP contribution is -2.22. The van der Waals surface area contributed by atoms with Crippen molar-refractivity contribution >= 4 is 9.24 Å². The monoisotopic (exact) mass is 156 g/mol. The molecule has 1 atom stereocenters. The van der Waals surface area contributed by atoms with Crippen molar-refractivity contribution in [3.63, 3.8) is 0 Å². The van der Waals surface area contributed by atoms with Gasteiger partial charge in [-0.25, -0.2) is 0 Å². The second-order valence-electron chi connectivity index (χ2n) is 3.76. The molecule has 0 aromatic rings. The van der Waals surface area contributed by atoms with Gasteiger partial charge in [0.05, 0.1) is 0 Å².